The number of anilines is 1. The second-order valence-corrected chi connectivity index (χ2v) is 8.31. The molecule has 0 heterocycles. The molecule has 0 saturated heterocycles. The number of nitrogens with zero attached hydrogens (tertiary/aromatic N) is 1. The number of amides is 2. The quantitative estimate of drug-likeness (QED) is 0.272. The van der Waals surface area contributed by atoms with Gasteiger partial charge in [0.25, 0.3) is 11.8 Å². The monoisotopic (exact) mass is 431 g/mol. The standard InChI is InChI=1S/C25H25N3O4/c1-25(2,3)19-9-5-17(6-10-19)23(31)27-20-11-7-18(8-12-20)24(32)28-26-15-16-4-13-21(29)22(30)14-16/h4-15,29-30H,1-3H3,(H,27,31)(H,28,32)/b26-15-. The second kappa shape index (κ2) is 9.34. The average Bonchev–Trinajstić information content (AvgIpc) is 2.76. The molecule has 0 atom stereocenters. The molecule has 0 bridgehead atoms. The molecule has 4 N–H and O–H groups in total. The Hall–Kier alpha value is -4.13. The number of aromatic hydroxyl groups is 2. The Bertz CT molecular complexity index is 1150. The van der Waals surface area contributed by atoms with Crippen molar-refractivity contribution in [2.24, 2.45) is 5.10 Å². The van der Waals surface area contributed by atoms with E-state index in [4.69, 9.17) is 0 Å². The number of benzene rings is 3. The lowest BCUT2D eigenvalue weighted by atomic mass is 9.87. The number of hydrogen-bond donors (Lipinski definition) is 4. The van der Waals surface area contributed by atoms with E-state index in [0.717, 1.165) is 5.56 Å². The molecule has 3 aromatic carbocycles. The van der Waals surface area contributed by atoms with Crippen LogP contribution in [-0.4, -0.2) is 28.2 Å². The summed E-state index contributed by atoms with van der Waals surface area (Å²) in [6, 6.07) is 18.1. The van der Waals surface area contributed by atoms with Crippen molar-refractivity contribution in [3.63, 3.8) is 0 Å². The first-order valence-electron chi connectivity index (χ1n) is 10.0. The number of hydrazone groups is 1. The zero-order chi connectivity index (χ0) is 23.3. The van der Waals surface area contributed by atoms with Crippen LogP contribution in [0.2, 0.25) is 0 Å². The van der Waals surface area contributed by atoms with Crippen molar-refractivity contribution in [3.05, 3.63) is 89.0 Å². The van der Waals surface area contributed by atoms with Gasteiger partial charge in [0.05, 0.1) is 6.21 Å². The number of rotatable bonds is 5. The van der Waals surface area contributed by atoms with E-state index in [1.54, 1.807) is 42.5 Å². The summed E-state index contributed by atoms with van der Waals surface area (Å²) in [6.07, 6.45) is 1.34. The molecule has 0 unspecified atom stereocenters. The van der Waals surface area contributed by atoms with Crippen LogP contribution in [0.25, 0.3) is 0 Å². The minimum absolute atomic E-state index is 0.0152. The Balaban J connectivity index is 1.58. The van der Waals surface area contributed by atoms with Crippen LogP contribution in [0.15, 0.2) is 71.8 Å². The van der Waals surface area contributed by atoms with Gasteiger partial charge < -0.3 is 15.5 Å². The lowest BCUT2D eigenvalue weighted by Gasteiger charge is -2.19. The molecular weight excluding hydrogens is 406 g/mol. The van der Waals surface area contributed by atoms with E-state index < -0.39 is 5.91 Å². The zero-order valence-corrected chi connectivity index (χ0v) is 18.1. The summed E-state index contributed by atoms with van der Waals surface area (Å²) < 4.78 is 0. The summed E-state index contributed by atoms with van der Waals surface area (Å²) in [6.45, 7) is 6.34. The topological polar surface area (TPSA) is 111 Å². The highest BCUT2D eigenvalue weighted by molar-refractivity contribution is 6.04. The SMILES string of the molecule is CC(C)(C)c1ccc(C(=O)Nc2ccc(C(=O)N/N=C\c3ccc(O)c(O)c3)cc2)cc1. The summed E-state index contributed by atoms with van der Waals surface area (Å²) in [5, 5.41) is 25.4. The van der Waals surface area contributed by atoms with Gasteiger partial charge in [0.1, 0.15) is 0 Å². The fourth-order valence-corrected chi connectivity index (χ4v) is 2.88. The minimum atomic E-state index is -0.431. The highest BCUT2D eigenvalue weighted by Gasteiger charge is 2.14. The van der Waals surface area contributed by atoms with Crippen LogP contribution in [0, 0.1) is 0 Å². The van der Waals surface area contributed by atoms with Crippen LogP contribution < -0.4 is 10.7 Å². The van der Waals surface area contributed by atoms with Crippen LogP contribution in [0.4, 0.5) is 5.69 Å². The third-order valence-corrected chi connectivity index (χ3v) is 4.80. The Labute approximate surface area is 186 Å². The van der Waals surface area contributed by atoms with Crippen LogP contribution in [0.1, 0.15) is 52.6 Å². The minimum Gasteiger partial charge on any atom is -0.504 e. The predicted octanol–water partition coefficient (Wildman–Crippen LogP) is 4.41. The smallest absolute Gasteiger partial charge is 0.271 e. The molecule has 3 rings (SSSR count). The first-order chi connectivity index (χ1) is 15.1. The van der Waals surface area contributed by atoms with Gasteiger partial charge in [-0.2, -0.15) is 5.10 Å². The lowest BCUT2D eigenvalue weighted by molar-refractivity contribution is 0.0954. The van der Waals surface area contributed by atoms with E-state index >= 15 is 0 Å². The zero-order valence-electron chi connectivity index (χ0n) is 18.1. The van der Waals surface area contributed by atoms with Crippen LogP contribution in [0.3, 0.4) is 0 Å². The summed E-state index contributed by atoms with van der Waals surface area (Å²) in [5.41, 5.74) is 5.53. The molecule has 0 fully saturated rings. The molecular formula is C25H25N3O4. The van der Waals surface area contributed by atoms with E-state index in [-0.39, 0.29) is 22.8 Å². The number of hydrogen-bond acceptors (Lipinski definition) is 5. The molecule has 7 heteroatoms. The molecule has 0 aliphatic rings. The van der Waals surface area contributed by atoms with Crippen molar-refractivity contribution in [3.8, 4) is 11.5 Å². The maximum atomic E-state index is 12.5. The van der Waals surface area contributed by atoms with Crippen molar-refractivity contribution >= 4 is 23.7 Å². The van der Waals surface area contributed by atoms with E-state index in [0.29, 0.717) is 22.4 Å². The molecule has 32 heavy (non-hydrogen) atoms. The Morgan fingerprint density at radius 2 is 1.41 bits per heavy atom. The van der Waals surface area contributed by atoms with Crippen molar-refractivity contribution in [1.29, 1.82) is 0 Å². The fraction of sp³-hybridized carbons (Fsp3) is 0.160. The molecule has 164 valence electrons. The predicted molar refractivity (Wildman–Crippen MR) is 124 cm³/mol. The molecule has 0 radical (unpaired) electrons. The summed E-state index contributed by atoms with van der Waals surface area (Å²) in [5.74, 6) is -1.17. The van der Waals surface area contributed by atoms with Gasteiger partial charge in [-0.25, -0.2) is 5.43 Å². The maximum Gasteiger partial charge on any atom is 0.271 e. The average molecular weight is 431 g/mol. The number of phenols is 2. The molecule has 0 aliphatic carbocycles. The number of nitrogens with one attached hydrogen (secondary N) is 2. The molecule has 0 aliphatic heterocycles. The molecule has 0 aromatic heterocycles. The van der Waals surface area contributed by atoms with Gasteiger partial charge >= 0.3 is 0 Å². The largest absolute Gasteiger partial charge is 0.504 e. The summed E-state index contributed by atoms with van der Waals surface area (Å²) >= 11 is 0. The normalized spacial score (nSPS) is 11.3. The molecule has 0 saturated carbocycles. The van der Waals surface area contributed by atoms with Gasteiger partial charge in [0, 0.05) is 16.8 Å². The summed E-state index contributed by atoms with van der Waals surface area (Å²) in [7, 11) is 0. The molecule has 2 amide bonds. The number of carbonyl (C=O) groups is 2. The van der Waals surface area contributed by atoms with Crippen LogP contribution in [-0.2, 0) is 5.41 Å². The highest BCUT2D eigenvalue weighted by Crippen LogP contribution is 2.24. The summed E-state index contributed by atoms with van der Waals surface area (Å²) in [4.78, 5) is 24.7. The van der Waals surface area contributed by atoms with Crippen molar-refractivity contribution in [2.45, 2.75) is 26.2 Å². The lowest BCUT2D eigenvalue weighted by Crippen LogP contribution is -2.18. The molecule has 0 spiro atoms. The number of phenolic OH excluding ortho intramolecular Hbond substituents is 2. The van der Waals surface area contributed by atoms with Gasteiger partial charge in [-0.05, 0) is 71.1 Å². The van der Waals surface area contributed by atoms with E-state index in [1.165, 1.54) is 18.3 Å². The number of carbonyl (C=O) groups excluding carboxylic acids is 2. The van der Waals surface area contributed by atoms with Crippen molar-refractivity contribution < 1.29 is 19.8 Å². The Morgan fingerprint density at radius 3 is 2.00 bits per heavy atom. The first kappa shape index (κ1) is 22.6. The van der Waals surface area contributed by atoms with Crippen molar-refractivity contribution in [1.82, 2.24) is 5.43 Å². The maximum absolute atomic E-state index is 12.5. The van der Waals surface area contributed by atoms with Gasteiger partial charge in [0.2, 0.25) is 0 Å². The van der Waals surface area contributed by atoms with E-state index in [9.17, 15) is 19.8 Å². The third kappa shape index (κ3) is 5.72. The fourth-order valence-electron chi connectivity index (χ4n) is 2.88. The van der Waals surface area contributed by atoms with Crippen molar-refractivity contribution in [2.75, 3.05) is 5.32 Å². The molecule has 7 nitrogen and oxygen atoms in total. The molecule has 3 aromatic rings. The first-order valence-corrected chi connectivity index (χ1v) is 10.0. The highest BCUT2D eigenvalue weighted by atomic mass is 16.3. The Morgan fingerprint density at radius 1 is 0.812 bits per heavy atom. The van der Waals surface area contributed by atoms with Gasteiger partial charge in [-0.3, -0.25) is 9.59 Å². The Kier molecular flexibility index (Phi) is 6.59. The van der Waals surface area contributed by atoms with Crippen LogP contribution >= 0.6 is 0 Å². The van der Waals surface area contributed by atoms with Crippen LogP contribution in [0.5, 0.6) is 11.5 Å². The van der Waals surface area contributed by atoms with E-state index in [2.05, 4.69) is 36.6 Å². The van der Waals surface area contributed by atoms with E-state index in [1.807, 2.05) is 12.1 Å². The van der Waals surface area contributed by atoms with Gasteiger partial charge in [0.15, 0.2) is 11.5 Å². The van der Waals surface area contributed by atoms with Gasteiger partial charge in [-0.15, -0.1) is 0 Å². The van der Waals surface area contributed by atoms with Gasteiger partial charge in [-0.1, -0.05) is 32.9 Å². The third-order valence-electron chi connectivity index (χ3n) is 4.80. The second-order valence-electron chi connectivity index (χ2n) is 8.31.